The van der Waals surface area contributed by atoms with E-state index in [0.717, 1.165) is 65.4 Å². The molecule has 1 aliphatic heterocycles. The SMILES string of the molecule is CN1CCN(Cc2ccn[nH]2)CCN(C)CCN(Cc2ccn[nH]2)CC1. The number of likely N-dealkylation sites (N-methyl/N-ethyl adjacent to an activating group) is 2. The first-order valence-electron chi connectivity index (χ1n) is 9.47. The highest BCUT2D eigenvalue weighted by Gasteiger charge is 2.14. The molecular weight excluding hydrogens is 328 g/mol. The predicted molar refractivity (Wildman–Crippen MR) is 103 cm³/mol. The molecule has 144 valence electrons. The molecule has 0 unspecified atom stereocenters. The lowest BCUT2D eigenvalue weighted by Crippen LogP contribution is -2.43. The van der Waals surface area contributed by atoms with E-state index < -0.39 is 0 Å². The second-order valence-electron chi connectivity index (χ2n) is 7.32. The molecule has 0 aliphatic carbocycles. The lowest BCUT2D eigenvalue weighted by Gasteiger charge is -2.31. The van der Waals surface area contributed by atoms with Gasteiger partial charge in [-0.3, -0.25) is 20.0 Å². The van der Waals surface area contributed by atoms with Crippen LogP contribution in [0, 0.1) is 0 Å². The number of H-pyrrole nitrogens is 2. The van der Waals surface area contributed by atoms with E-state index in [9.17, 15) is 0 Å². The summed E-state index contributed by atoms with van der Waals surface area (Å²) in [6.45, 7) is 10.5. The Bertz CT molecular complexity index is 527. The highest BCUT2D eigenvalue weighted by atomic mass is 15.3. The summed E-state index contributed by atoms with van der Waals surface area (Å²) in [5, 5.41) is 14.3. The number of nitrogens with zero attached hydrogens (tertiary/aromatic N) is 6. The maximum atomic E-state index is 4.07. The van der Waals surface area contributed by atoms with Crippen LogP contribution in [0.15, 0.2) is 24.5 Å². The molecule has 2 aromatic rings. The van der Waals surface area contributed by atoms with Crippen LogP contribution < -0.4 is 0 Å². The van der Waals surface area contributed by atoms with E-state index in [4.69, 9.17) is 0 Å². The summed E-state index contributed by atoms with van der Waals surface area (Å²) in [6.07, 6.45) is 3.66. The first-order chi connectivity index (χ1) is 12.7. The zero-order chi connectivity index (χ0) is 18.2. The summed E-state index contributed by atoms with van der Waals surface area (Å²) in [4.78, 5) is 9.91. The quantitative estimate of drug-likeness (QED) is 0.818. The summed E-state index contributed by atoms with van der Waals surface area (Å²) >= 11 is 0. The van der Waals surface area contributed by atoms with Crippen molar-refractivity contribution in [3.8, 4) is 0 Å². The van der Waals surface area contributed by atoms with Crippen LogP contribution in [-0.2, 0) is 13.1 Å². The van der Waals surface area contributed by atoms with Crippen LogP contribution in [0.3, 0.4) is 0 Å². The van der Waals surface area contributed by atoms with Crippen molar-refractivity contribution in [2.45, 2.75) is 13.1 Å². The van der Waals surface area contributed by atoms with Gasteiger partial charge < -0.3 is 9.80 Å². The second-order valence-corrected chi connectivity index (χ2v) is 7.32. The molecule has 2 aromatic heterocycles. The monoisotopic (exact) mass is 360 g/mol. The number of aromatic amines is 2. The third-order valence-electron chi connectivity index (χ3n) is 5.10. The molecule has 0 radical (unpaired) electrons. The highest BCUT2D eigenvalue weighted by Crippen LogP contribution is 2.05. The van der Waals surface area contributed by atoms with E-state index >= 15 is 0 Å². The van der Waals surface area contributed by atoms with Crippen molar-refractivity contribution < 1.29 is 0 Å². The Morgan fingerprint density at radius 2 is 1.08 bits per heavy atom. The molecule has 0 amide bonds. The molecule has 0 spiro atoms. The molecule has 8 nitrogen and oxygen atoms in total. The van der Waals surface area contributed by atoms with Gasteiger partial charge in [0.05, 0.1) is 0 Å². The van der Waals surface area contributed by atoms with Crippen molar-refractivity contribution in [2.24, 2.45) is 0 Å². The summed E-state index contributed by atoms with van der Waals surface area (Å²) in [5.41, 5.74) is 2.38. The number of hydrogen-bond donors (Lipinski definition) is 2. The summed E-state index contributed by atoms with van der Waals surface area (Å²) < 4.78 is 0. The molecule has 1 aliphatic rings. The largest absolute Gasteiger partial charge is 0.304 e. The highest BCUT2D eigenvalue weighted by molar-refractivity contribution is 4.98. The lowest BCUT2D eigenvalue weighted by molar-refractivity contribution is 0.147. The Hall–Kier alpha value is -1.74. The van der Waals surface area contributed by atoms with Crippen LogP contribution in [0.25, 0.3) is 0 Å². The minimum absolute atomic E-state index is 0.938. The molecule has 0 aromatic carbocycles. The van der Waals surface area contributed by atoms with Crippen LogP contribution >= 0.6 is 0 Å². The van der Waals surface area contributed by atoms with Gasteiger partial charge in [0, 0.05) is 89.2 Å². The molecule has 3 heterocycles. The normalized spacial score (nSPS) is 20.7. The fourth-order valence-electron chi connectivity index (χ4n) is 3.24. The Labute approximate surface area is 156 Å². The Balaban J connectivity index is 1.55. The number of aromatic nitrogens is 4. The van der Waals surface area contributed by atoms with Gasteiger partial charge in [0.1, 0.15) is 0 Å². The maximum Gasteiger partial charge on any atom is 0.0492 e. The first kappa shape index (κ1) is 19.0. The first-order valence-corrected chi connectivity index (χ1v) is 9.47. The van der Waals surface area contributed by atoms with Crippen LogP contribution in [0.4, 0.5) is 0 Å². The minimum Gasteiger partial charge on any atom is -0.304 e. The maximum absolute atomic E-state index is 4.07. The van der Waals surface area contributed by atoms with E-state index in [1.165, 1.54) is 11.4 Å². The fraction of sp³-hybridized carbons (Fsp3) is 0.667. The third-order valence-corrected chi connectivity index (χ3v) is 5.10. The van der Waals surface area contributed by atoms with E-state index in [2.05, 4.69) is 66.2 Å². The summed E-state index contributed by atoms with van der Waals surface area (Å²) in [5.74, 6) is 0. The Kier molecular flexibility index (Phi) is 7.19. The standard InChI is InChI=1S/C18H32N8/c1-23-7-11-25(15-17-3-5-19-21-17)13-9-24(2)10-14-26(12-8-23)16-18-4-6-20-22-18/h3-6H,7-16H2,1-2H3,(H,19,21)(H,20,22). The smallest absolute Gasteiger partial charge is 0.0492 e. The van der Waals surface area contributed by atoms with E-state index in [1.54, 1.807) is 0 Å². The van der Waals surface area contributed by atoms with E-state index in [1.807, 2.05) is 12.4 Å². The van der Waals surface area contributed by atoms with Crippen LogP contribution in [0.5, 0.6) is 0 Å². The molecule has 2 N–H and O–H groups in total. The molecular formula is C18H32N8. The van der Waals surface area contributed by atoms with Crippen LogP contribution in [-0.4, -0.2) is 106 Å². The zero-order valence-electron chi connectivity index (χ0n) is 16.1. The molecule has 0 saturated carbocycles. The topological polar surface area (TPSA) is 70.3 Å². The van der Waals surface area contributed by atoms with Gasteiger partial charge in [0.2, 0.25) is 0 Å². The summed E-state index contributed by atoms with van der Waals surface area (Å²) in [7, 11) is 4.45. The van der Waals surface area contributed by atoms with E-state index in [0.29, 0.717) is 0 Å². The molecule has 1 saturated heterocycles. The van der Waals surface area contributed by atoms with Gasteiger partial charge in [0.25, 0.3) is 0 Å². The predicted octanol–water partition coefficient (Wildman–Crippen LogP) is 0.314. The van der Waals surface area contributed by atoms with Crippen molar-refractivity contribution in [3.63, 3.8) is 0 Å². The van der Waals surface area contributed by atoms with Gasteiger partial charge in [0.15, 0.2) is 0 Å². The van der Waals surface area contributed by atoms with Gasteiger partial charge in [-0.15, -0.1) is 0 Å². The van der Waals surface area contributed by atoms with Gasteiger partial charge in [-0.1, -0.05) is 0 Å². The average Bonchev–Trinajstić information content (AvgIpc) is 3.32. The fourth-order valence-corrected chi connectivity index (χ4v) is 3.24. The van der Waals surface area contributed by atoms with Crippen molar-refractivity contribution in [1.29, 1.82) is 0 Å². The number of hydrogen-bond acceptors (Lipinski definition) is 6. The second kappa shape index (κ2) is 9.82. The third kappa shape index (κ3) is 6.21. The van der Waals surface area contributed by atoms with Crippen molar-refractivity contribution in [2.75, 3.05) is 66.5 Å². The van der Waals surface area contributed by atoms with Crippen LogP contribution in [0.2, 0.25) is 0 Å². The Morgan fingerprint density at radius 3 is 1.38 bits per heavy atom. The zero-order valence-corrected chi connectivity index (χ0v) is 16.1. The summed E-state index contributed by atoms with van der Waals surface area (Å²) in [6, 6.07) is 4.13. The van der Waals surface area contributed by atoms with Gasteiger partial charge in [-0.05, 0) is 26.2 Å². The van der Waals surface area contributed by atoms with Gasteiger partial charge in [-0.25, -0.2) is 0 Å². The minimum atomic E-state index is 0.938. The number of rotatable bonds is 4. The molecule has 1 fully saturated rings. The average molecular weight is 361 g/mol. The molecule has 0 atom stereocenters. The molecule has 8 heteroatoms. The lowest BCUT2D eigenvalue weighted by atomic mass is 10.3. The van der Waals surface area contributed by atoms with Crippen molar-refractivity contribution >= 4 is 0 Å². The van der Waals surface area contributed by atoms with Crippen molar-refractivity contribution in [3.05, 3.63) is 35.9 Å². The van der Waals surface area contributed by atoms with Gasteiger partial charge in [-0.2, -0.15) is 10.2 Å². The Morgan fingerprint density at radius 1 is 0.692 bits per heavy atom. The molecule has 3 rings (SSSR count). The number of nitrogens with one attached hydrogen (secondary N) is 2. The van der Waals surface area contributed by atoms with E-state index in [-0.39, 0.29) is 0 Å². The van der Waals surface area contributed by atoms with Crippen LogP contribution in [0.1, 0.15) is 11.4 Å². The van der Waals surface area contributed by atoms with Gasteiger partial charge >= 0.3 is 0 Å². The molecule has 26 heavy (non-hydrogen) atoms. The van der Waals surface area contributed by atoms with Crippen molar-refractivity contribution in [1.82, 2.24) is 40.0 Å². The molecule has 0 bridgehead atoms.